The summed E-state index contributed by atoms with van der Waals surface area (Å²) in [6.45, 7) is 0. The first-order valence-corrected chi connectivity index (χ1v) is 2.11. The zero-order valence-corrected chi connectivity index (χ0v) is 4.30. The second kappa shape index (κ2) is 2.48. The number of para-hydroxylation sites is 1. The summed E-state index contributed by atoms with van der Waals surface area (Å²) < 4.78 is 35.9. The first-order valence-electron chi connectivity index (χ1n) is 4.61. The van der Waals surface area contributed by atoms with Crippen molar-refractivity contribution in [1.29, 1.82) is 0 Å². The maximum absolute atomic E-state index is 10.5. The Bertz CT molecular complexity index is 352. The summed E-state index contributed by atoms with van der Waals surface area (Å²) in [5.74, 6) is 0. The molecule has 0 aliphatic carbocycles. The van der Waals surface area contributed by atoms with E-state index in [1.54, 1.807) is 0 Å². The van der Waals surface area contributed by atoms with Gasteiger partial charge in [0.15, 0.2) is 0 Å². The molecule has 3 heteroatoms. The summed E-state index contributed by atoms with van der Waals surface area (Å²) in [6.07, 6.45) is 0. The van der Waals surface area contributed by atoms with E-state index in [4.69, 9.17) is 12.1 Å². The van der Waals surface area contributed by atoms with Crippen LogP contribution in [0.25, 0.3) is 0 Å². The fraction of sp³-hybridized carbons (Fsp3) is 0. The zero-order valence-electron chi connectivity index (χ0n) is 9.30. The molecule has 0 unspecified atom stereocenters. The molecule has 0 spiro atoms. The van der Waals surface area contributed by atoms with Gasteiger partial charge in [-0.2, -0.15) is 0 Å². The van der Waals surface area contributed by atoms with Crippen LogP contribution in [-0.2, 0) is 5.21 Å². The maximum atomic E-state index is 10.5. The van der Waals surface area contributed by atoms with Crippen LogP contribution in [0, 0.1) is 0 Å². The molecule has 0 saturated heterocycles. The monoisotopic (exact) mass is 129 g/mol. The number of nitrogens with zero attached hydrogens (tertiary/aromatic N) is 1. The average molecular weight is 129 g/mol. The highest BCUT2D eigenvalue weighted by Gasteiger charge is 1.94. The van der Waals surface area contributed by atoms with Gasteiger partial charge >= 0.3 is 0 Å². The Labute approximate surface area is 59.7 Å². The second-order valence-corrected chi connectivity index (χ2v) is 1.25. The van der Waals surface area contributed by atoms with Gasteiger partial charge in [-0.15, -0.1) is 0 Å². The number of hydrogen-bond donors (Lipinski definition) is 1. The highest BCUT2D eigenvalue weighted by molar-refractivity contribution is 5.39. The topological polar surface area (TPSA) is 43.4 Å². The van der Waals surface area contributed by atoms with E-state index in [1.165, 1.54) is 0 Å². The standard InChI is InChI=1S/C6H6NO2/c8-7(9)6-4-2-1-3-5-6/h1-5,8H/i1D,2D,3D,4D,5D. The first kappa shape index (κ1) is 2.28. The molecule has 1 rings (SSSR count). The van der Waals surface area contributed by atoms with Gasteiger partial charge in [-0.05, 0) is 12.1 Å². The van der Waals surface area contributed by atoms with Crippen LogP contribution < -0.4 is 5.23 Å². The van der Waals surface area contributed by atoms with Crippen LogP contribution in [0.15, 0.2) is 30.2 Å². The third-order valence-electron chi connectivity index (χ3n) is 0.678. The van der Waals surface area contributed by atoms with Crippen molar-refractivity contribution in [3.8, 4) is 0 Å². The van der Waals surface area contributed by atoms with Crippen molar-refractivity contribution in [3.05, 3.63) is 30.2 Å². The molecule has 1 aromatic rings. The smallest absolute Gasteiger partial charge is 0.0976 e. The number of hydrogen-bond acceptors (Lipinski definition) is 2. The zero-order chi connectivity index (χ0) is 11.0. The molecule has 9 heavy (non-hydrogen) atoms. The van der Waals surface area contributed by atoms with Gasteiger partial charge in [0.2, 0.25) is 0 Å². The molecule has 1 radical (unpaired) electrons. The summed E-state index contributed by atoms with van der Waals surface area (Å²) in [4.78, 5) is 0. The molecule has 0 amide bonds. The Morgan fingerprint density at radius 2 is 2.00 bits per heavy atom. The van der Waals surface area contributed by atoms with Gasteiger partial charge < -0.3 is 0 Å². The minimum absolute atomic E-state index is 0.606. The van der Waals surface area contributed by atoms with Crippen LogP contribution in [0.5, 0.6) is 0 Å². The number of rotatable bonds is 1. The van der Waals surface area contributed by atoms with Crippen molar-refractivity contribution in [1.82, 2.24) is 0 Å². The van der Waals surface area contributed by atoms with E-state index in [0.29, 0.717) is 0 Å². The molecule has 0 aliphatic rings. The summed E-state index contributed by atoms with van der Waals surface area (Å²) in [6, 6.07) is -3.38. The Morgan fingerprint density at radius 1 is 1.44 bits per heavy atom. The van der Waals surface area contributed by atoms with Crippen LogP contribution in [0.1, 0.15) is 6.85 Å². The lowest BCUT2D eigenvalue weighted by atomic mass is 10.3. The Hall–Kier alpha value is -1.06. The summed E-state index contributed by atoms with van der Waals surface area (Å²) in [5, 5.41) is 18.3. The molecule has 0 aliphatic heterocycles. The SMILES string of the molecule is [2H]c1c([2H])c([2H])c(N([O])O)c([2H])c1[2H]. The molecule has 0 bridgehead atoms. The molecule has 0 atom stereocenters. The predicted molar refractivity (Wildman–Crippen MR) is 31.4 cm³/mol. The Balaban J connectivity index is 3.60. The van der Waals surface area contributed by atoms with Gasteiger partial charge in [-0.1, -0.05) is 28.6 Å². The Morgan fingerprint density at radius 3 is 2.44 bits per heavy atom. The van der Waals surface area contributed by atoms with E-state index in [-0.39, 0.29) is 0 Å². The van der Waals surface area contributed by atoms with E-state index in [9.17, 15) is 5.21 Å². The third kappa shape index (κ3) is 1.42. The van der Waals surface area contributed by atoms with E-state index in [1.807, 2.05) is 0 Å². The Kier molecular flexibility index (Phi) is 0.629. The molecule has 0 saturated carbocycles. The minimum Gasteiger partial charge on any atom is -0.261 e. The number of anilines is 1. The fourth-order valence-corrected chi connectivity index (χ4v) is 0.339. The van der Waals surface area contributed by atoms with Gasteiger partial charge in [0.1, 0.15) is 0 Å². The molecule has 0 heterocycles. The van der Waals surface area contributed by atoms with E-state index in [2.05, 4.69) is 0 Å². The van der Waals surface area contributed by atoms with Gasteiger partial charge in [0.25, 0.3) is 0 Å². The van der Waals surface area contributed by atoms with Gasteiger partial charge in [-0.3, -0.25) is 5.21 Å². The van der Waals surface area contributed by atoms with Crippen molar-refractivity contribution in [2.45, 2.75) is 0 Å². The van der Waals surface area contributed by atoms with Crippen molar-refractivity contribution in [2.75, 3.05) is 5.23 Å². The molecule has 1 N–H and O–H groups in total. The minimum atomic E-state index is -0.781. The maximum Gasteiger partial charge on any atom is 0.0976 e. The van der Waals surface area contributed by atoms with Crippen LogP contribution in [0.3, 0.4) is 0 Å². The fourth-order valence-electron chi connectivity index (χ4n) is 0.339. The van der Waals surface area contributed by atoms with E-state index in [0.717, 1.165) is 0 Å². The van der Waals surface area contributed by atoms with Gasteiger partial charge in [-0.25, -0.2) is 0 Å². The summed E-state index contributed by atoms with van der Waals surface area (Å²) in [7, 11) is 0. The quantitative estimate of drug-likeness (QED) is 0.579. The molecule has 0 fully saturated rings. The van der Waals surface area contributed by atoms with E-state index >= 15 is 0 Å². The van der Waals surface area contributed by atoms with E-state index < -0.39 is 41.1 Å². The molecule has 1 aromatic carbocycles. The third-order valence-corrected chi connectivity index (χ3v) is 0.678. The molecule has 47 valence electrons. The highest BCUT2D eigenvalue weighted by Crippen LogP contribution is 2.07. The molecular formula is C6H6NO2. The highest BCUT2D eigenvalue weighted by atomic mass is 16.8. The van der Waals surface area contributed by atoms with Crippen molar-refractivity contribution < 1.29 is 17.3 Å². The lowest BCUT2D eigenvalue weighted by molar-refractivity contribution is -0.0268. The molecule has 0 aromatic heterocycles. The average Bonchev–Trinajstić information content (AvgIpc) is 2.11. The lowest BCUT2D eigenvalue weighted by Crippen LogP contribution is -2.07. The van der Waals surface area contributed by atoms with Crippen molar-refractivity contribution in [2.24, 2.45) is 0 Å². The predicted octanol–water partition coefficient (Wildman–Crippen LogP) is 1.23. The first-order chi connectivity index (χ1) is 6.37. The summed E-state index contributed by atoms with van der Waals surface area (Å²) >= 11 is 0. The van der Waals surface area contributed by atoms with Crippen LogP contribution >= 0.6 is 0 Å². The molecule has 3 nitrogen and oxygen atoms in total. The van der Waals surface area contributed by atoms with Gasteiger partial charge in [0.05, 0.1) is 12.5 Å². The second-order valence-electron chi connectivity index (χ2n) is 1.25. The van der Waals surface area contributed by atoms with Crippen LogP contribution in [0.2, 0.25) is 0 Å². The van der Waals surface area contributed by atoms with Crippen molar-refractivity contribution >= 4 is 5.69 Å². The van der Waals surface area contributed by atoms with Crippen molar-refractivity contribution in [3.63, 3.8) is 0 Å². The molecular weight excluding hydrogens is 118 g/mol. The number of benzene rings is 1. The van der Waals surface area contributed by atoms with Gasteiger partial charge in [0, 0.05) is 0 Å². The lowest BCUT2D eigenvalue weighted by Gasteiger charge is -2.01. The largest absolute Gasteiger partial charge is 0.261 e. The summed E-state index contributed by atoms with van der Waals surface area (Å²) in [5.41, 5.74) is -0.781. The normalized spacial score (nSPS) is 16.9. The van der Waals surface area contributed by atoms with Crippen LogP contribution in [-0.4, -0.2) is 5.21 Å². The van der Waals surface area contributed by atoms with Crippen LogP contribution in [0.4, 0.5) is 5.69 Å².